The van der Waals surface area contributed by atoms with E-state index in [0.29, 0.717) is 10.6 Å². The van der Waals surface area contributed by atoms with E-state index >= 15 is 0 Å². The molecular formula is C20H25N3O4S2. The minimum absolute atomic E-state index is 0.0125. The number of hydrogen-bond acceptors (Lipinski definition) is 7. The van der Waals surface area contributed by atoms with Gasteiger partial charge in [0.1, 0.15) is 10.6 Å². The Labute approximate surface area is 177 Å². The minimum atomic E-state index is -0.447. The number of carbonyl (C=O) groups excluding carboxylic acids is 3. The van der Waals surface area contributed by atoms with Crippen LogP contribution in [0.3, 0.4) is 0 Å². The summed E-state index contributed by atoms with van der Waals surface area (Å²) in [6.45, 7) is 2.92. The Bertz CT molecular complexity index is 863. The van der Waals surface area contributed by atoms with E-state index in [4.69, 9.17) is 10.5 Å². The molecule has 2 amide bonds. The first-order valence-corrected chi connectivity index (χ1v) is 11.4. The summed E-state index contributed by atoms with van der Waals surface area (Å²) >= 11 is 2.84. The summed E-state index contributed by atoms with van der Waals surface area (Å²) in [5.74, 6) is -1.02. The zero-order valence-electron chi connectivity index (χ0n) is 16.3. The van der Waals surface area contributed by atoms with E-state index in [1.165, 1.54) is 22.7 Å². The van der Waals surface area contributed by atoms with Crippen molar-refractivity contribution in [2.45, 2.75) is 38.6 Å². The molecule has 3 N–H and O–H groups in total. The van der Waals surface area contributed by atoms with Crippen LogP contribution in [0.15, 0.2) is 22.9 Å². The van der Waals surface area contributed by atoms with Crippen LogP contribution in [0.2, 0.25) is 0 Å². The highest BCUT2D eigenvalue weighted by atomic mass is 32.1. The minimum Gasteiger partial charge on any atom is -0.462 e. The van der Waals surface area contributed by atoms with Crippen LogP contribution >= 0.6 is 22.7 Å². The normalized spacial score (nSPS) is 17.1. The number of nitrogens with zero attached hydrogens (tertiary/aromatic N) is 1. The maximum atomic E-state index is 12.7. The Morgan fingerprint density at radius 1 is 1.31 bits per heavy atom. The summed E-state index contributed by atoms with van der Waals surface area (Å²) < 4.78 is 5.22. The van der Waals surface area contributed by atoms with Crippen molar-refractivity contribution < 1.29 is 19.1 Å². The molecule has 1 unspecified atom stereocenters. The van der Waals surface area contributed by atoms with E-state index < -0.39 is 5.97 Å². The van der Waals surface area contributed by atoms with Crippen LogP contribution in [-0.2, 0) is 14.3 Å². The van der Waals surface area contributed by atoms with E-state index in [0.717, 1.165) is 36.2 Å². The van der Waals surface area contributed by atoms with Crippen LogP contribution in [0, 0.1) is 0 Å². The predicted octanol–water partition coefficient (Wildman–Crippen LogP) is 3.32. The Hall–Kier alpha value is -2.23. The lowest BCUT2D eigenvalue weighted by Gasteiger charge is -2.34. The van der Waals surface area contributed by atoms with E-state index in [9.17, 15) is 14.4 Å². The number of thiophene rings is 2. The van der Waals surface area contributed by atoms with Gasteiger partial charge < -0.3 is 15.8 Å². The third-order valence-electron chi connectivity index (χ3n) is 4.84. The van der Waals surface area contributed by atoms with Crippen LogP contribution in [0.5, 0.6) is 0 Å². The first-order valence-electron chi connectivity index (χ1n) is 9.64. The molecule has 9 heteroatoms. The number of anilines is 1. The SMILES string of the molecule is CCOC(=O)c1c(-c2cccs2)csc1NC(=O)CN1CCCCC1CC(N)=O. The molecule has 1 saturated heterocycles. The summed E-state index contributed by atoms with van der Waals surface area (Å²) in [4.78, 5) is 39.6. The molecule has 0 spiro atoms. The highest BCUT2D eigenvalue weighted by molar-refractivity contribution is 7.17. The molecule has 0 bridgehead atoms. The van der Waals surface area contributed by atoms with Crippen molar-refractivity contribution in [3.05, 3.63) is 28.5 Å². The number of esters is 1. The molecule has 2 aromatic heterocycles. The topological polar surface area (TPSA) is 102 Å². The van der Waals surface area contributed by atoms with Gasteiger partial charge in [0.05, 0.1) is 13.2 Å². The number of ether oxygens (including phenoxy) is 1. The largest absolute Gasteiger partial charge is 0.462 e. The van der Waals surface area contributed by atoms with Gasteiger partial charge in [-0.3, -0.25) is 14.5 Å². The van der Waals surface area contributed by atoms with Crippen LogP contribution in [0.25, 0.3) is 10.4 Å². The number of primary amides is 1. The molecule has 3 heterocycles. The smallest absolute Gasteiger partial charge is 0.341 e. The Morgan fingerprint density at radius 2 is 2.14 bits per heavy atom. The summed E-state index contributed by atoms with van der Waals surface area (Å²) in [6.07, 6.45) is 3.12. The number of piperidine rings is 1. The quantitative estimate of drug-likeness (QED) is 0.620. The number of rotatable bonds is 8. The van der Waals surface area contributed by atoms with Crippen molar-refractivity contribution in [2.24, 2.45) is 5.73 Å². The number of carbonyl (C=O) groups is 3. The van der Waals surface area contributed by atoms with Crippen molar-refractivity contribution in [1.82, 2.24) is 4.90 Å². The number of likely N-dealkylation sites (tertiary alicyclic amines) is 1. The highest BCUT2D eigenvalue weighted by Gasteiger charge is 2.27. The maximum absolute atomic E-state index is 12.7. The van der Waals surface area contributed by atoms with Gasteiger partial charge in [0.2, 0.25) is 11.8 Å². The van der Waals surface area contributed by atoms with E-state index in [1.54, 1.807) is 6.92 Å². The van der Waals surface area contributed by atoms with Gasteiger partial charge in [0, 0.05) is 28.3 Å². The fraction of sp³-hybridized carbons (Fsp3) is 0.450. The summed E-state index contributed by atoms with van der Waals surface area (Å²) in [5.41, 5.74) is 6.51. The lowest BCUT2D eigenvalue weighted by molar-refractivity contribution is -0.122. The van der Waals surface area contributed by atoms with Crippen LogP contribution < -0.4 is 11.1 Å². The fourth-order valence-corrected chi connectivity index (χ4v) is 5.34. The Balaban J connectivity index is 1.76. The molecule has 1 aliphatic rings. The summed E-state index contributed by atoms with van der Waals surface area (Å²) in [5, 5.41) is 7.17. The zero-order valence-corrected chi connectivity index (χ0v) is 17.9. The molecule has 7 nitrogen and oxygen atoms in total. The molecule has 1 fully saturated rings. The first kappa shape index (κ1) is 21.5. The van der Waals surface area contributed by atoms with Crippen LogP contribution in [0.1, 0.15) is 43.0 Å². The summed E-state index contributed by atoms with van der Waals surface area (Å²) in [6, 6.07) is 3.84. The van der Waals surface area contributed by atoms with E-state index in [-0.39, 0.29) is 37.4 Å². The highest BCUT2D eigenvalue weighted by Crippen LogP contribution is 2.38. The van der Waals surface area contributed by atoms with Gasteiger partial charge in [-0.1, -0.05) is 12.5 Å². The van der Waals surface area contributed by atoms with Gasteiger partial charge in [0.25, 0.3) is 0 Å². The molecule has 1 atom stereocenters. The second kappa shape index (κ2) is 10.00. The van der Waals surface area contributed by atoms with Crippen molar-refractivity contribution >= 4 is 45.5 Å². The van der Waals surface area contributed by atoms with E-state index in [1.807, 2.05) is 27.8 Å². The Morgan fingerprint density at radius 3 is 2.83 bits per heavy atom. The van der Waals surface area contributed by atoms with Gasteiger partial charge in [0.15, 0.2) is 0 Å². The first-order chi connectivity index (χ1) is 14.0. The van der Waals surface area contributed by atoms with Gasteiger partial charge in [-0.25, -0.2) is 4.79 Å². The fourth-order valence-electron chi connectivity index (χ4n) is 3.55. The van der Waals surface area contributed by atoms with Gasteiger partial charge in [-0.2, -0.15) is 0 Å². The third-order valence-corrected chi connectivity index (χ3v) is 6.64. The summed E-state index contributed by atoms with van der Waals surface area (Å²) in [7, 11) is 0. The lowest BCUT2D eigenvalue weighted by atomic mass is 9.99. The van der Waals surface area contributed by atoms with Crippen molar-refractivity contribution in [3.8, 4) is 10.4 Å². The second-order valence-electron chi connectivity index (χ2n) is 6.89. The van der Waals surface area contributed by atoms with Crippen molar-refractivity contribution in [1.29, 1.82) is 0 Å². The van der Waals surface area contributed by atoms with E-state index in [2.05, 4.69) is 5.32 Å². The van der Waals surface area contributed by atoms with Crippen LogP contribution in [-0.4, -0.2) is 48.4 Å². The molecular weight excluding hydrogens is 410 g/mol. The molecule has 0 aromatic carbocycles. The molecule has 29 heavy (non-hydrogen) atoms. The third kappa shape index (κ3) is 5.43. The van der Waals surface area contributed by atoms with Crippen molar-refractivity contribution in [2.75, 3.05) is 25.0 Å². The molecule has 0 aliphatic carbocycles. The molecule has 1 aliphatic heterocycles. The van der Waals surface area contributed by atoms with Crippen molar-refractivity contribution in [3.63, 3.8) is 0 Å². The predicted molar refractivity (Wildman–Crippen MR) is 115 cm³/mol. The zero-order chi connectivity index (χ0) is 20.8. The molecule has 0 radical (unpaired) electrons. The maximum Gasteiger partial charge on any atom is 0.341 e. The standard InChI is InChI=1S/C20H25N3O4S2/c1-2-27-20(26)18-14(15-7-5-9-28-15)12-29-19(18)22-17(25)11-23-8-4-3-6-13(23)10-16(21)24/h5,7,9,12-13H,2-4,6,8,10-11H2,1H3,(H2,21,24)(H,22,25). The number of amides is 2. The monoisotopic (exact) mass is 435 g/mol. The molecule has 2 aromatic rings. The molecule has 3 rings (SSSR count). The number of nitrogens with two attached hydrogens (primary N) is 1. The molecule has 156 valence electrons. The lowest BCUT2D eigenvalue weighted by Crippen LogP contribution is -2.45. The van der Waals surface area contributed by atoms with Gasteiger partial charge >= 0.3 is 5.97 Å². The average molecular weight is 436 g/mol. The van der Waals surface area contributed by atoms with Crippen LogP contribution in [0.4, 0.5) is 5.00 Å². The number of hydrogen-bond donors (Lipinski definition) is 2. The Kier molecular flexibility index (Phi) is 7.40. The number of nitrogens with one attached hydrogen (secondary N) is 1. The van der Waals surface area contributed by atoms with Gasteiger partial charge in [-0.15, -0.1) is 22.7 Å². The molecule has 0 saturated carbocycles. The second-order valence-corrected chi connectivity index (χ2v) is 8.72. The average Bonchev–Trinajstić information content (AvgIpc) is 3.32. The van der Waals surface area contributed by atoms with Gasteiger partial charge in [-0.05, 0) is 37.8 Å².